The van der Waals surface area contributed by atoms with E-state index in [-0.39, 0.29) is 5.41 Å². The maximum Gasteiger partial charge on any atom is 0.159 e. The van der Waals surface area contributed by atoms with Gasteiger partial charge in [-0.25, -0.2) is 9.37 Å². The molecule has 0 aliphatic heterocycles. The number of anilines is 1. The van der Waals surface area contributed by atoms with E-state index in [4.69, 9.17) is 4.98 Å². The maximum absolute atomic E-state index is 15.2. The monoisotopic (exact) mass is 527 g/mol. The number of aliphatic hydroxyl groups excluding tert-OH is 1. The van der Waals surface area contributed by atoms with Gasteiger partial charge in [-0.3, -0.25) is 15.1 Å². The zero-order valence-corrected chi connectivity index (χ0v) is 21.9. The summed E-state index contributed by atoms with van der Waals surface area (Å²) in [7, 11) is 0. The van der Waals surface area contributed by atoms with Gasteiger partial charge in [0, 0.05) is 23.3 Å². The van der Waals surface area contributed by atoms with Gasteiger partial charge in [-0.15, -0.1) is 11.3 Å². The Bertz CT molecular complexity index is 1750. The second-order valence-corrected chi connectivity index (χ2v) is 11.4. The third-order valence-electron chi connectivity index (χ3n) is 6.22. The molecule has 1 atom stereocenters. The van der Waals surface area contributed by atoms with Gasteiger partial charge in [-0.1, -0.05) is 26.8 Å². The number of benzene rings is 1. The molecule has 0 aliphatic carbocycles. The summed E-state index contributed by atoms with van der Waals surface area (Å²) in [6, 6.07) is 11.0. The van der Waals surface area contributed by atoms with Gasteiger partial charge in [0.05, 0.1) is 22.3 Å². The van der Waals surface area contributed by atoms with E-state index in [1.807, 2.05) is 35.7 Å². The quantitative estimate of drug-likeness (QED) is 0.182. The summed E-state index contributed by atoms with van der Waals surface area (Å²) in [6.07, 6.45) is 4.89. The van der Waals surface area contributed by atoms with Crippen LogP contribution in [-0.4, -0.2) is 41.5 Å². The van der Waals surface area contributed by atoms with Crippen LogP contribution < -0.4 is 5.32 Å². The average Bonchev–Trinajstić information content (AvgIpc) is 3.61. The number of fused-ring (bicyclic) bond motifs is 2. The van der Waals surface area contributed by atoms with Gasteiger partial charge in [0.2, 0.25) is 0 Å². The molecule has 0 saturated heterocycles. The molecule has 5 aromatic heterocycles. The zero-order chi connectivity index (χ0) is 26.4. The number of imidazole rings is 1. The van der Waals surface area contributed by atoms with Crippen molar-refractivity contribution in [3.05, 3.63) is 66.2 Å². The van der Waals surface area contributed by atoms with Crippen LogP contribution in [0, 0.1) is 11.2 Å². The molecule has 10 heteroatoms. The number of aromatic nitrogens is 6. The van der Waals surface area contributed by atoms with Crippen molar-refractivity contribution in [1.82, 2.24) is 30.1 Å². The first-order valence-corrected chi connectivity index (χ1v) is 13.1. The minimum Gasteiger partial charge on any atom is -0.374 e. The van der Waals surface area contributed by atoms with Crippen molar-refractivity contribution in [2.45, 2.75) is 33.4 Å². The molecule has 38 heavy (non-hydrogen) atoms. The number of nitrogens with zero attached hydrogens (tertiary/aromatic N) is 4. The predicted molar refractivity (Wildman–Crippen MR) is 149 cm³/mol. The molecule has 0 fully saturated rings. The molecule has 6 aromatic rings. The number of aliphatic hydroxyl groups is 1. The van der Waals surface area contributed by atoms with E-state index in [0.717, 1.165) is 21.6 Å². The molecular formula is C28H26FN7OS. The third-order valence-corrected chi connectivity index (χ3v) is 7.09. The lowest BCUT2D eigenvalue weighted by Crippen LogP contribution is -2.25. The number of thiophene rings is 1. The smallest absolute Gasteiger partial charge is 0.159 e. The minimum absolute atomic E-state index is 0.0411. The van der Waals surface area contributed by atoms with Gasteiger partial charge in [0.1, 0.15) is 34.5 Å². The second kappa shape index (κ2) is 9.30. The van der Waals surface area contributed by atoms with Crippen molar-refractivity contribution in [2.75, 3.05) is 5.32 Å². The molecule has 0 bridgehead atoms. The Kier molecular flexibility index (Phi) is 5.93. The number of halogens is 1. The van der Waals surface area contributed by atoms with Crippen LogP contribution in [0.15, 0.2) is 60.4 Å². The van der Waals surface area contributed by atoms with Crippen LogP contribution in [0.1, 0.15) is 27.2 Å². The molecule has 192 valence electrons. The summed E-state index contributed by atoms with van der Waals surface area (Å²) in [5.41, 5.74) is 5.10. The third kappa shape index (κ3) is 4.64. The Morgan fingerprint density at radius 1 is 1.11 bits per heavy atom. The first kappa shape index (κ1) is 24.2. The van der Waals surface area contributed by atoms with Crippen LogP contribution in [-0.2, 0) is 0 Å². The molecule has 0 amide bonds. The molecule has 0 aliphatic rings. The van der Waals surface area contributed by atoms with Gasteiger partial charge >= 0.3 is 0 Å². The number of hydrogen-bond donors (Lipinski definition) is 4. The molecule has 5 heterocycles. The van der Waals surface area contributed by atoms with Gasteiger partial charge in [0.15, 0.2) is 5.82 Å². The number of rotatable bonds is 6. The summed E-state index contributed by atoms with van der Waals surface area (Å²) in [6.45, 7) is 6.19. The summed E-state index contributed by atoms with van der Waals surface area (Å²) in [5.74, 6) is 0.0897. The first-order chi connectivity index (χ1) is 18.2. The van der Waals surface area contributed by atoms with Crippen molar-refractivity contribution in [3.63, 3.8) is 0 Å². The highest BCUT2D eigenvalue weighted by molar-refractivity contribution is 7.13. The van der Waals surface area contributed by atoms with Gasteiger partial charge < -0.3 is 15.4 Å². The van der Waals surface area contributed by atoms with Crippen LogP contribution >= 0.6 is 11.3 Å². The summed E-state index contributed by atoms with van der Waals surface area (Å²) in [4.78, 5) is 18.0. The largest absolute Gasteiger partial charge is 0.374 e. The second-order valence-electron chi connectivity index (χ2n) is 10.5. The normalized spacial score (nSPS) is 12.9. The minimum atomic E-state index is -0.728. The van der Waals surface area contributed by atoms with Crippen LogP contribution in [0.2, 0.25) is 0 Å². The molecule has 1 aromatic carbocycles. The van der Waals surface area contributed by atoms with Crippen LogP contribution in [0.25, 0.3) is 55.2 Å². The van der Waals surface area contributed by atoms with Gasteiger partial charge in [0.25, 0.3) is 0 Å². The van der Waals surface area contributed by atoms with Crippen molar-refractivity contribution in [1.29, 1.82) is 0 Å². The maximum atomic E-state index is 15.2. The first-order valence-electron chi connectivity index (χ1n) is 12.2. The van der Waals surface area contributed by atoms with E-state index in [0.29, 0.717) is 45.7 Å². The fourth-order valence-corrected chi connectivity index (χ4v) is 5.29. The lowest BCUT2D eigenvalue weighted by molar-refractivity contribution is 0.145. The molecule has 0 radical (unpaired) electrons. The Labute approximate surface area is 222 Å². The van der Waals surface area contributed by atoms with E-state index >= 15 is 4.39 Å². The number of hydrogen-bond acceptors (Lipinski definition) is 7. The lowest BCUT2D eigenvalue weighted by atomic mass is 9.91. The van der Waals surface area contributed by atoms with Crippen molar-refractivity contribution < 1.29 is 9.50 Å². The van der Waals surface area contributed by atoms with Crippen molar-refractivity contribution in [3.8, 4) is 33.2 Å². The standard InChI is InChI=1S/C28H26FN7OS/c1-28(2,3)12-22(37)32-17-9-16(13-30-14-17)15-10-18-23(19(29)11-15)35-36-24(18)27-33-20-6-7-31-26(25(20)34-27)21-5-4-8-38-21/h4-11,13-14,22,32,37H,12H2,1-3H3,(H,33,34)(H,35,36). The van der Waals surface area contributed by atoms with E-state index < -0.39 is 12.0 Å². The Morgan fingerprint density at radius 3 is 2.76 bits per heavy atom. The van der Waals surface area contributed by atoms with E-state index in [9.17, 15) is 5.11 Å². The molecule has 0 spiro atoms. The van der Waals surface area contributed by atoms with E-state index in [1.54, 1.807) is 29.9 Å². The fraction of sp³-hybridized carbons (Fsp3) is 0.214. The lowest BCUT2D eigenvalue weighted by Gasteiger charge is -2.23. The zero-order valence-electron chi connectivity index (χ0n) is 21.1. The van der Waals surface area contributed by atoms with Gasteiger partial charge in [-0.05, 0) is 53.1 Å². The van der Waals surface area contributed by atoms with Gasteiger partial charge in [-0.2, -0.15) is 5.10 Å². The Hall–Kier alpha value is -4.15. The van der Waals surface area contributed by atoms with Crippen LogP contribution in [0.3, 0.4) is 0 Å². The fourth-order valence-electron chi connectivity index (χ4n) is 4.57. The Balaban J connectivity index is 1.39. The molecule has 6 rings (SSSR count). The summed E-state index contributed by atoms with van der Waals surface area (Å²) in [5, 5.41) is 23.3. The highest BCUT2D eigenvalue weighted by Crippen LogP contribution is 2.35. The highest BCUT2D eigenvalue weighted by Gasteiger charge is 2.20. The van der Waals surface area contributed by atoms with Crippen molar-refractivity contribution in [2.24, 2.45) is 5.41 Å². The molecule has 8 nitrogen and oxygen atoms in total. The molecule has 4 N–H and O–H groups in total. The number of nitrogens with one attached hydrogen (secondary N) is 3. The van der Waals surface area contributed by atoms with Crippen molar-refractivity contribution >= 4 is 39.0 Å². The highest BCUT2D eigenvalue weighted by atomic mass is 32.1. The number of H-pyrrole nitrogens is 2. The van der Waals surface area contributed by atoms with Crippen LogP contribution in [0.5, 0.6) is 0 Å². The average molecular weight is 528 g/mol. The Morgan fingerprint density at radius 2 is 1.97 bits per heavy atom. The molecule has 1 unspecified atom stereocenters. The molecular weight excluding hydrogens is 501 g/mol. The summed E-state index contributed by atoms with van der Waals surface area (Å²) < 4.78 is 15.2. The van der Waals surface area contributed by atoms with Crippen LogP contribution in [0.4, 0.5) is 10.1 Å². The predicted octanol–water partition coefficient (Wildman–Crippen LogP) is 6.60. The topological polar surface area (TPSA) is 115 Å². The number of aromatic amines is 2. The number of pyridine rings is 2. The molecule has 0 saturated carbocycles. The van der Waals surface area contributed by atoms with E-state index in [2.05, 4.69) is 51.2 Å². The SMILES string of the molecule is CC(C)(C)CC(O)Nc1cncc(-c2cc(F)c3[nH]nc(-c4nc5c(-c6cccs6)nccc5[nH]4)c3c2)c1. The summed E-state index contributed by atoms with van der Waals surface area (Å²) >= 11 is 1.59. The van der Waals surface area contributed by atoms with E-state index in [1.165, 1.54) is 6.07 Å².